The first-order valence-corrected chi connectivity index (χ1v) is 8.08. The van der Waals surface area contributed by atoms with Crippen molar-refractivity contribution in [2.24, 2.45) is 0 Å². The van der Waals surface area contributed by atoms with Crippen molar-refractivity contribution in [2.75, 3.05) is 18.4 Å². The summed E-state index contributed by atoms with van der Waals surface area (Å²) in [6.07, 6.45) is 0. The lowest BCUT2D eigenvalue weighted by atomic mass is 10.1. The van der Waals surface area contributed by atoms with Crippen LogP contribution in [0.15, 0.2) is 35.7 Å². The second-order valence-corrected chi connectivity index (χ2v) is 6.28. The third-order valence-corrected chi connectivity index (χ3v) is 4.29. The SMILES string of the molecule is CCN(CC(=O)Nc1ccc(C)cc1C)Cc1cccs1. The number of hydrogen-bond acceptors (Lipinski definition) is 3. The number of thiophene rings is 1. The predicted molar refractivity (Wildman–Crippen MR) is 89.8 cm³/mol. The van der Waals surface area contributed by atoms with Crippen LogP contribution in [0.4, 0.5) is 5.69 Å². The lowest BCUT2D eigenvalue weighted by Crippen LogP contribution is -2.32. The molecule has 1 heterocycles. The molecule has 0 fully saturated rings. The van der Waals surface area contributed by atoms with Crippen LogP contribution in [0, 0.1) is 13.8 Å². The summed E-state index contributed by atoms with van der Waals surface area (Å²) in [5, 5.41) is 5.07. The molecule has 0 aliphatic heterocycles. The van der Waals surface area contributed by atoms with E-state index in [2.05, 4.69) is 41.6 Å². The maximum absolute atomic E-state index is 12.2. The fourth-order valence-corrected chi connectivity index (χ4v) is 3.00. The summed E-state index contributed by atoms with van der Waals surface area (Å²) in [5.74, 6) is 0.0420. The number of carbonyl (C=O) groups excluding carboxylic acids is 1. The standard InChI is InChI=1S/C17H22N2OS/c1-4-19(11-15-6-5-9-21-15)12-17(20)18-16-8-7-13(2)10-14(16)3/h5-10H,4,11-12H2,1-3H3,(H,18,20). The Kier molecular flexibility index (Phi) is 5.53. The molecule has 2 rings (SSSR count). The number of nitrogens with one attached hydrogen (secondary N) is 1. The number of nitrogens with zero attached hydrogens (tertiary/aromatic N) is 1. The Hall–Kier alpha value is -1.65. The van der Waals surface area contributed by atoms with Gasteiger partial charge in [-0.05, 0) is 43.5 Å². The van der Waals surface area contributed by atoms with E-state index < -0.39 is 0 Å². The van der Waals surface area contributed by atoms with Crippen LogP contribution in [0.3, 0.4) is 0 Å². The minimum absolute atomic E-state index is 0.0420. The van der Waals surface area contributed by atoms with E-state index in [9.17, 15) is 4.79 Å². The van der Waals surface area contributed by atoms with Gasteiger partial charge in [-0.15, -0.1) is 11.3 Å². The van der Waals surface area contributed by atoms with Crippen molar-refractivity contribution in [2.45, 2.75) is 27.3 Å². The van der Waals surface area contributed by atoms with Crippen LogP contribution >= 0.6 is 11.3 Å². The summed E-state index contributed by atoms with van der Waals surface area (Å²) in [6.45, 7) is 8.26. The summed E-state index contributed by atoms with van der Waals surface area (Å²) in [6, 6.07) is 10.2. The molecule has 3 nitrogen and oxygen atoms in total. The first kappa shape index (κ1) is 15.7. The number of rotatable bonds is 6. The first-order chi connectivity index (χ1) is 10.1. The van der Waals surface area contributed by atoms with Crippen molar-refractivity contribution in [1.29, 1.82) is 0 Å². The molecule has 0 unspecified atom stereocenters. The van der Waals surface area contributed by atoms with Crippen molar-refractivity contribution < 1.29 is 4.79 Å². The van der Waals surface area contributed by atoms with E-state index in [-0.39, 0.29) is 5.91 Å². The van der Waals surface area contributed by atoms with Crippen molar-refractivity contribution >= 4 is 22.9 Å². The van der Waals surface area contributed by atoms with Gasteiger partial charge in [0, 0.05) is 17.1 Å². The molecule has 0 aliphatic carbocycles. The molecule has 0 aliphatic rings. The third kappa shape index (κ3) is 4.69. The zero-order valence-corrected chi connectivity index (χ0v) is 13.7. The lowest BCUT2D eigenvalue weighted by Gasteiger charge is -2.19. The molecule has 1 aromatic heterocycles. The fraction of sp³-hybridized carbons (Fsp3) is 0.353. The molecule has 1 amide bonds. The number of likely N-dealkylation sites (N-methyl/N-ethyl adjacent to an activating group) is 1. The largest absolute Gasteiger partial charge is 0.325 e. The van der Waals surface area contributed by atoms with Crippen LogP contribution in [0.5, 0.6) is 0 Å². The van der Waals surface area contributed by atoms with Gasteiger partial charge in [-0.3, -0.25) is 9.69 Å². The van der Waals surface area contributed by atoms with Gasteiger partial charge in [0.05, 0.1) is 6.54 Å². The van der Waals surface area contributed by atoms with E-state index in [1.165, 1.54) is 10.4 Å². The summed E-state index contributed by atoms with van der Waals surface area (Å²) in [5.41, 5.74) is 3.21. The van der Waals surface area contributed by atoms with Crippen LogP contribution in [-0.2, 0) is 11.3 Å². The van der Waals surface area contributed by atoms with Crippen molar-refractivity contribution in [3.05, 3.63) is 51.7 Å². The zero-order chi connectivity index (χ0) is 15.2. The Morgan fingerprint density at radius 3 is 2.71 bits per heavy atom. The molecule has 21 heavy (non-hydrogen) atoms. The van der Waals surface area contributed by atoms with Crippen molar-refractivity contribution in [1.82, 2.24) is 4.90 Å². The monoisotopic (exact) mass is 302 g/mol. The van der Waals surface area contributed by atoms with Gasteiger partial charge < -0.3 is 5.32 Å². The summed E-state index contributed by atoms with van der Waals surface area (Å²) >= 11 is 1.73. The van der Waals surface area contributed by atoms with Gasteiger partial charge >= 0.3 is 0 Å². The Morgan fingerprint density at radius 1 is 1.29 bits per heavy atom. The average molecular weight is 302 g/mol. The average Bonchev–Trinajstić information content (AvgIpc) is 2.94. The van der Waals surface area contributed by atoms with Gasteiger partial charge in [0.15, 0.2) is 0 Å². The van der Waals surface area contributed by atoms with Gasteiger partial charge in [-0.25, -0.2) is 0 Å². The van der Waals surface area contributed by atoms with Crippen LogP contribution < -0.4 is 5.32 Å². The molecular formula is C17H22N2OS. The number of hydrogen-bond donors (Lipinski definition) is 1. The van der Waals surface area contributed by atoms with E-state index in [0.717, 1.165) is 24.3 Å². The smallest absolute Gasteiger partial charge is 0.238 e. The van der Waals surface area contributed by atoms with Crippen LogP contribution in [0.1, 0.15) is 22.9 Å². The van der Waals surface area contributed by atoms with Crippen molar-refractivity contribution in [3.63, 3.8) is 0 Å². The molecule has 4 heteroatoms. The Labute approximate surface area is 130 Å². The Bertz CT molecular complexity index is 593. The highest BCUT2D eigenvalue weighted by Gasteiger charge is 2.11. The molecule has 0 spiro atoms. The second kappa shape index (κ2) is 7.38. The lowest BCUT2D eigenvalue weighted by molar-refractivity contribution is -0.117. The number of benzene rings is 1. The normalized spacial score (nSPS) is 10.9. The predicted octanol–water partition coefficient (Wildman–Crippen LogP) is 3.83. The van der Waals surface area contributed by atoms with E-state index in [4.69, 9.17) is 0 Å². The topological polar surface area (TPSA) is 32.3 Å². The van der Waals surface area contributed by atoms with Crippen LogP contribution in [-0.4, -0.2) is 23.9 Å². The Balaban J connectivity index is 1.93. The molecule has 0 saturated carbocycles. The highest BCUT2D eigenvalue weighted by molar-refractivity contribution is 7.09. The highest BCUT2D eigenvalue weighted by Crippen LogP contribution is 2.16. The van der Waals surface area contributed by atoms with E-state index >= 15 is 0 Å². The van der Waals surface area contributed by atoms with Gasteiger partial charge in [0.25, 0.3) is 0 Å². The molecule has 112 valence electrons. The van der Waals surface area contributed by atoms with Gasteiger partial charge in [0.1, 0.15) is 0 Å². The zero-order valence-electron chi connectivity index (χ0n) is 12.8. The molecule has 0 radical (unpaired) electrons. The van der Waals surface area contributed by atoms with Crippen molar-refractivity contribution in [3.8, 4) is 0 Å². The molecule has 1 N–H and O–H groups in total. The minimum Gasteiger partial charge on any atom is -0.325 e. The summed E-state index contributed by atoms with van der Waals surface area (Å²) < 4.78 is 0. The second-order valence-electron chi connectivity index (χ2n) is 5.25. The maximum atomic E-state index is 12.2. The Morgan fingerprint density at radius 2 is 2.10 bits per heavy atom. The molecule has 1 aromatic carbocycles. The van der Waals surface area contributed by atoms with Crippen LogP contribution in [0.25, 0.3) is 0 Å². The quantitative estimate of drug-likeness (QED) is 0.879. The first-order valence-electron chi connectivity index (χ1n) is 7.20. The summed E-state index contributed by atoms with van der Waals surface area (Å²) in [7, 11) is 0. The van der Waals surface area contributed by atoms with Gasteiger partial charge in [-0.2, -0.15) is 0 Å². The number of carbonyl (C=O) groups is 1. The van der Waals surface area contributed by atoms with Gasteiger partial charge in [-0.1, -0.05) is 30.7 Å². The van der Waals surface area contributed by atoms with E-state index in [0.29, 0.717) is 6.54 Å². The molecule has 0 saturated heterocycles. The van der Waals surface area contributed by atoms with E-state index in [1.54, 1.807) is 11.3 Å². The molecule has 0 bridgehead atoms. The fourth-order valence-electron chi connectivity index (χ4n) is 2.25. The maximum Gasteiger partial charge on any atom is 0.238 e. The number of aryl methyl sites for hydroxylation is 2. The summed E-state index contributed by atoms with van der Waals surface area (Å²) in [4.78, 5) is 15.6. The van der Waals surface area contributed by atoms with Gasteiger partial charge in [0.2, 0.25) is 5.91 Å². The van der Waals surface area contributed by atoms with Crippen LogP contribution in [0.2, 0.25) is 0 Å². The highest BCUT2D eigenvalue weighted by atomic mass is 32.1. The molecular weight excluding hydrogens is 280 g/mol. The molecule has 0 atom stereocenters. The number of anilines is 1. The number of amides is 1. The minimum atomic E-state index is 0.0420. The van der Waals surface area contributed by atoms with E-state index in [1.807, 2.05) is 25.1 Å². The third-order valence-electron chi connectivity index (χ3n) is 3.43. The molecule has 2 aromatic rings.